The molecule has 1 saturated carbocycles. The van der Waals surface area contributed by atoms with Gasteiger partial charge in [0.05, 0.1) is 11.2 Å². The lowest BCUT2D eigenvalue weighted by molar-refractivity contribution is 0.00578. The lowest BCUT2D eigenvalue weighted by Crippen LogP contribution is -2.41. The first-order valence-corrected chi connectivity index (χ1v) is 7.47. The summed E-state index contributed by atoms with van der Waals surface area (Å²) in [7, 11) is -0.169. The van der Waals surface area contributed by atoms with Gasteiger partial charge in [0, 0.05) is 0 Å². The summed E-state index contributed by atoms with van der Waals surface area (Å²) in [6.07, 6.45) is 10.5. The van der Waals surface area contributed by atoms with Crippen molar-refractivity contribution in [1.82, 2.24) is 0 Å². The van der Waals surface area contributed by atoms with E-state index in [0.29, 0.717) is 11.3 Å². The molecule has 19 heavy (non-hydrogen) atoms. The Balaban J connectivity index is 1.86. The first-order valence-electron chi connectivity index (χ1n) is 7.47. The average Bonchev–Trinajstić information content (AvgIpc) is 3.02. The van der Waals surface area contributed by atoms with E-state index in [1.54, 1.807) is 0 Å². The van der Waals surface area contributed by atoms with Gasteiger partial charge in [-0.3, -0.25) is 0 Å². The van der Waals surface area contributed by atoms with E-state index in [2.05, 4.69) is 52.8 Å². The van der Waals surface area contributed by atoms with Gasteiger partial charge in [-0.05, 0) is 63.8 Å². The third-order valence-electron chi connectivity index (χ3n) is 5.60. The van der Waals surface area contributed by atoms with Crippen LogP contribution in [0, 0.1) is 11.3 Å². The van der Waals surface area contributed by atoms with Gasteiger partial charge < -0.3 is 9.31 Å². The number of hydrogen-bond acceptors (Lipinski definition) is 2. The zero-order valence-electron chi connectivity index (χ0n) is 12.8. The summed E-state index contributed by atoms with van der Waals surface area (Å²) < 4.78 is 12.5. The average molecular weight is 260 g/mol. The molecule has 0 radical (unpaired) electrons. The molecule has 0 aromatic heterocycles. The van der Waals surface area contributed by atoms with Gasteiger partial charge in [-0.1, -0.05) is 25.2 Å². The van der Waals surface area contributed by atoms with E-state index in [0.717, 1.165) is 6.42 Å². The van der Waals surface area contributed by atoms with Crippen LogP contribution in [0.5, 0.6) is 0 Å². The van der Waals surface area contributed by atoms with Crippen molar-refractivity contribution in [2.45, 2.75) is 65.1 Å². The van der Waals surface area contributed by atoms with Crippen molar-refractivity contribution < 1.29 is 9.31 Å². The minimum atomic E-state index is -0.241. The fourth-order valence-electron chi connectivity index (χ4n) is 3.10. The standard InChI is InChI=1S/C16H25BO2/c1-14(2)15(3,4)19-17(18-14)13-9-7-6-8-12(13)16(5)10-11-16/h6-7,9,12H,8,10-11H2,1-5H3. The maximum Gasteiger partial charge on any atom is 0.490 e. The van der Waals surface area contributed by atoms with Gasteiger partial charge in [-0.2, -0.15) is 0 Å². The largest absolute Gasteiger partial charge is 0.490 e. The molecule has 1 saturated heterocycles. The molecule has 0 N–H and O–H groups in total. The number of allylic oxidation sites excluding steroid dienone is 4. The Hall–Kier alpha value is -0.535. The molecule has 1 unspecified atom stereocenters. The third-order valence-corrected chi connectivity index (χ3v) is 5.60. The molecule has 3 aliphatic rings. The molecule has 1 aliphatic heterocycles. The van der Waals surface area contributed by atoms with Crippen LogP contribution in [0.1, 0.15) is 53.9 Å². The van der Waals surface area contributed by atoms with Crippen molar-refractivity contribution in [3.05, 3.63) is 23.7 Å². The van der Waals surface area contributed by atoms with E-state index in [-0.39, 0.29) is 18.3 Å². The molecule has 1 heterocycles. The van der Waals surface area contributed by atoms with Gasteiger partial charge in [0.15, 0.2) is 0 Å². The molecule has 1 atom stereocenters. The van der Waals surface area contributed by atoms with Crippen LogP contribution >= 0.6 is 0 Å². The second kappa shape index (κ2) is 3.99. The van der Waals surface area contributed by atoms with Crippen molar-refractivity contribution in [1.29, 1.82) is 0 Å². The van der Waals surface area contributed by atoms with E-state index in [9.17, 15) is 0 Å². The second-order valence-electron chi connectivity index (χ2n) is 7.63. The van der Waals surface area contributed by atoms with E-state index in [1.807, 2.05) is 0 Å². The van der Waals surface area contributed by atoms with Crippen LogP contribution in [0.2, 0.25) is 0 Å². The summed E-state index contributed by atoms with van der Waals surface area (Å²) in [6, 6.07) is 0. The Labute approximate surface area is 117 Å². The molecule has 0 bridgehead atoms. The Morgan fingerprint density at radius 3 is 2.16 bits per heavy atom. The minimum Gasteiger partial charge on any atom is -0.400 e. The Kier molecular flexibility index (Phi) is 2.82. The van der Waals surface area contributed by atoms with Crippen LogP contribution in [-0.2, 0) is 9.31 Å². The molecule has 3 heteroatoms. The normalized spacial score (nSPS) is 34.3. The summed E-state index contributed by atoms with van der Waals surface area (Å²) in [5, 5.41) is 0. The monoisotopic (exact) mass is 260 g/mol. The van der Waals surface area contributed by atoms with Crippen LogP contribution in [0.4, 0.5) is 0 Å². The van der Waals surface area contributed by atoms with Gasteiger partial charge in [0.1, 0.15) is 0 Å². The number of rotatable bonds is 2. The smallest absolute Gasteiger partial charge is 0.400 e. The molecular formula is C16H25BO2. The molecule has 104 valence electrons. The van der Waals surface area contributed by atoms with E-state index >= 15 is 0 Å². The zero-order chi connectivity index (χ0) is 13.9. The number of hydrogen-bond donors (Lipinski definition) is 0. The van der Waals surface area contributed by atoms with Crippen LogP contribution in [0.3, 0.4) is 0 Å². The molecule has 0 aromatic rings. The SMILES string of the molecule is CC1(C2CC=CC=C2B2OC(C)(C)C(C)(C)O2)CC1. The van der Waals surface area contributed by atoms with Crippen LogP contribution in [0.25, 0.3) is 0 Å². The highest BCUT2D eigenvalue weighted by Gasteiger charge is 2.56. The topological polar surface area (TPSA) is 18.5 Å². The lowest BCUT2D eigenvalue weighted by Gasteiger charge is -2.32. The highest BCUT2D eigenvalue weighted by Crippen LogP contribution is 2.57. The molecule has 2 nitrogen and oxygen atoms in total. The summed E-state index contributed by atoms with van der Waals surface area (Å²) >= 11 is 0. The second-order valence-corrected chi connectivity index (χ2v) is 7.63. The lowest BCUT2D eigenvalue weighted by atomic mass is 9.63. The van der Waals surface area contributed by atoms with Crippen molar-refractivity contribution in [2.75, 3.05) is 0 Å². The molecule has 0 spiro atoms. The third kappa shape index (κ3) is 2.11. The van der Waals surface area contributed by atoms with Crippen molar-refractivity contribution in [3.63, 3.8) is 0 Å². The Bertz CT molecular complexity index is 428. The summed E-state index contributed by atoms with van der Waals surface area (Å²) in [4.78, 5) is 0. The zero-order valence-corrected chi connectivity index (χ0v) is 12.8. The Morgan fingerprint density at radius 2 is 1.63 bits per heavy atom. The van der Waals surface area contributed by atoms with Crippen molar-refractivity contribution >= 4 is 7.12 Å². The Morgan fingerprint density at radius 1 is 1.05 bits per heavy atom. The van der Waals surface area contributed by atoms with E-state index in [4.69, 9.17) is 9.31 Å². The van der Waals surface area contributed by atoms with Crippen molar-refractivity contribution in [2.24, 2.45) is 11.3 Å². The molecular weight excluding hydrogens is 235 g/mol. The molecule has 0 aromatic carbocycles. The predicted octanol–water partition coefficient (Wildman–Crippen LogP) is 3.92. The maximum absolute atomic E-state index is 6.23. The fraction of sp³-hybridized carbons (Fsp3) is 0.750. The van der Waals surface area contributed by atoms with Gasteiger partial charge in [0.25, 0.3) is 0 Å². The van der Waals surface area contributed by atoms with E-state index < -0.39 is 0 Å². The van der Waals surface area contributed by atoms with Gasteiger partial charge in [0.2, 0.25) is 0 Å². The van der Waals surface area contributed by atoms with Crippen molar-refractivity contribution in [3.8, 4) is 0 Å². The summed E-state index contributed by atoms with van der Waals surface area (Å²) in [5.74, 6) is 0.590. The van der Waals surface area contributed by atoms with E-state index in [1.165, 1.54) is 18.3 Å². The highest BCUT2D eigenvalue weighted by atomic mass is 16.7. The van der Waals surface area contributed by atoms with Gasteiger partial charge in [-0.25, -0.2) is 0 Å². The predicted molar refractivity (Wildman–Crippen MR) is 78.8 cm³/mol. The van der Waals surface area contributed by atoms with Gasteiger partial charge in [-0.15, -0.1) is 0 Å². The van der Waals surface area contributed by atoms with Crippen LogP contribution in [0.15, 0.2) is 23.7 Å². The maximum atomic E-state index is 6.23. The first kappa shape index (κ1) is 13.4. The fourth-order valence-corrected chi connectivity index (χ4v) is 3.10. The molecule has 2 fully saturated rings. The van der Waals surface area contributed by atoms with Crippen LogP contribution in [-0.4, -0.2) is 18.3 Å². The van der Waals surface area contributed by atoms with Gasteiger partial charge >= 0.3 is 7.12 Å². The molecule has 2 aliphatic carbocycles. The quantitative estimate of drug-likeness (QED) is 0.700. The minimum absolute atomic E-state index is 0.169. The first-order chi connectivity index (χ1) is 8.75. The summed E-state index contributed by atoms with van der Waals surface area (Å²) in [6.45, 7) is 10.9. The summed E-state index contributed by atoms with van der Waals surface area (Å²) in [5.41, 5.74) is 1.34. The van der Waals surface area contributed by atoms with Crippen LogP contribution < -0.4 is 0 Å². The molecule has 0 amide bonds. The highest BCUT2D eigenvalue weighted by molar-refractivity contribution is 6.55. The molecule has 3 rings (SSSR count).